The number of aliphatic hydroxyl groups is 1. The molecular weight excluding hydrogens is 322 g/mol. The Hall–Kier alpha value is -1.07. The second-order valence-corrected chi connectivity index (χ2v) is 6.48. The van der Waals surface area contributed by atoms with Crippen molar-refractivity contribution >= 4 is 21.8 Å². The number of hydrogen-bond donors (Lipinski definition) is 3. The third-order valence-electron chi connectivity index (χ3n) is 4.08. The minimum Gasteiger partial charge on any atom is -0.507 e. The highest BCUT2D eigenvalue weighted by Gasteiger charge is 2.32. The van der Waals surface area contributed by atoms with E-state index < -0.39 is 0 Å². The molecule has 0 bridgehead atoms. The van der Waals surface area contributed by atoms with E-state index in [1.807, 2.05) is 0 Å². The Morgan fingerprint density at radius 1 is 1.30 bits per heavy atom. The average Bonchev–Trinajstić information content (AvgIpc) is 2.48. The number of rotatable bonds is 4. The van der Waals surface area contributed by atoms with Crippen LogP contribution in [0.3, 0.4) is 0 Å². The van der Waals surface area contributed by atoms with Crippen LogP contribution in [0.1, 0.15) is 42.5 Å². The molecule has 0 saturated heterocycles. The van der Waals surface area contributed by atoms with Gasteiger partial charge in [0, 0.05) is 16.4 Å². The molecule has 1 aliphatic carbocycles. The Labute approximate surface area is 127 Å². The van der Waals surface area contributed by atoms with Crippen molar-refractivity contribution in [2.75, 3.05) is 13.2 Å². The smallest absolute Gasteiger partial charge is 0.255 e. The summed E-state index contributed by atoms with van der Waals surface area (Å²) in [4.78, 5) is 12.1. The molecule has 0 heterocycles. The second-order valence-electron chi connectivity index (χ2n) is 5.56. The number of aromatic hydroxyl groups is 1. The van der Waals surface area contributed by atoms with E-state index in [-0.39, 0.29) is 29.2 Å². The van der Waals surface area contributed by atoms with Crippen LogP contribution in [0.25, 0.3) is 0 Å². The number of aliphatic hydroxyl groups excluding tert-OH is 1. The zero-order valence-corrected chi connectivity index (χ0v) is 12.9. The van der Waals surface area contributed by atoms with E-state index in [0.29, 0.717) is 6.54 Å². The highest BCUT2D eigenvalue weighted by atomic mass is 79.9. The molecular formula is C15H20BrNO3. The van der Waals surface area contributed by atoms with Crippen LogP contribution < -0.4 is 5.32 Å². The summed E-state index contributed by atoms with van der Waals surface area (Å²) in [6, 6.07) is 4.76. The van der Waals surface area contributed by atoms with Gasteiger partial charge in [-0.05, 0) is 31.0 Å². The lowest BCUT2D eigenvalue weighted by atomic mass is 9.74. The number of phenolic OH excluding ortho intramolecular Hbond substituents is 1. The maximum absolute atomic E-state index is 12.1. The summed E-state index contributed by atoms with van der Waals surface area (Å²) >= 11 is 3.29. The van der Waals surface area contributed by atoms with E-state index in [9.17, 15) is 15.0 Å². The molecule has 1 aromatic rings. The number of amides is 1. The van der Waals surface area contributed by atoms with Gasteiger partial charge >= 0.3 is 0 Å². The van der Waals surface area contributed by atoms with E-state index in [4.69, 9.17) is 0 Å². The van der Waals surface area contributed by atoms with Gasteiger partial charge in [-0.25, -0.2) is 0 Å². The van der Waals surface area contributed by atoms with Gasteiger partial charge in [0.1, 0.15) is 5.75 Å². The fraction of sp³-hybridized carbons (Fsp3) is 0.533. The van der Waals surface area contributed by atoms with Crippen LogP contribution in [0.4, 0.5) is 0 Å². The number of hydrogen-bond acceptors (Lipinski definition) is 3. The molecule has 0 aliphatic heterocycles. The molecule has 1 saturated carbocycles. The number of halogens is 1. The van der Waals surface area contributed by atoms with E-state index in [1.165, 1.54) is 12.5 Å². The Kier molecular flexibility index (Phi) is 5.05. The van der Waals surface area contributed by atoms with Crippen molar-refractivity contribution < 1.29 is 15.0 Å². The van der Waals surface area contributed by atoms with Crippen LogP contribution in [-0.2, 0) is 0 Å². The Balaban J connectivity index is 2.02. The van der Waals surface area contributed by atoms with Crippen molar-refractivity contribution in [3.63, 3.8) is 0 Å². The molecule has 1 aliphatic rings. The van der Waals surface area contributed by atoms with Crippen LogP contribution in [0.2, 0.25) is 0 Å². The van der Waals surface area contributed by atoms with Gasteiger partial charge in [-0.1, -0.05) is 35.2 Å². The first kappa shape index (κ1) is 15.3. The first-order chi connectivity index (χ1) is 9.56. The molecule has 1 amide bonds. The molecule has 0 aromatic heterocycles. The molecule has 0 atom stereocenters. The minimum absolute atomic E-state index is 0.0348. The fourth-order valence-electron chi connectivity index (χ4n) is 2.75. The first-order valence-electron chi connectivity index (χ1n) is 6.94. The van der Waals surface area contributed by atoms with Gasteiger partial charge in [-0.2, -0.15) is 0 Å². The summed E-state index contributed by atoms with van der Waals surface area (Å²) < 4.78 is 0.745. The van der Waals surface area contributed by atoms with Gasteiger partial charge < -0.3 is 15.5 Å². The number of carbonyl (C=O) groups is 1. The lowest BCUT2D eigenvalue weighted by molar-refractivity contribution is 0.0717. The molecule has 0 unspecified atom stereocenters. The van der Waals surface area contributed by atoms with Gasteiger partial charge in [0.25, 0.3) is 5.91 Å². The molecule has 5 heteroatoms. The number of benzene rings is 1. The summed E-state index contributed by atoms with van der Waals surface area (Å²) in [5.41, 5.74) is 0.0542. The van der Waals surface area contributed by atoms with Gasteiger partial charge in [-0.3, -0.25) is 4.79 Å². The molecule has 0 radical (unpaired) electrons. The van der Waals surface area contributed by atoms with Crippen molar-refractivity contribution in [1.82, 2.24) is 5.32 Å². The van der Waals surface area contributed by atoms with Gasteiger partial charge in [0.2, 0.25) is 0 Å². The standard InChI is InChI=1S/C15H20BrNO3/c16-11-4-5-13(19)12(8-11)14(20)17-9-15(10-18)6-2-1-3-7-15/h4-5,8,18-19H,1-3,6-7,9-10H2,(H,17,20). The molecule has 0 spiro atoms. The Bertz CT molecular complexity index is 484. The van der Waals surface area contributed by atoms with Gasteiger partial charge in [0.15, 0.2) is 0 Å². The molecule has 2 rings (SSSR count). The summed E-state index contributed by atoms with van der Waals surface area (Å²) in [5, 5.41) is 22.2. The average molecular weight is 342 g/mol. The summed E-state index contributed by atoms with van der Waals surface area (Å²) in [5.74, 6) is -0.338. The van der Waals surface area contributed by atoms with Crippen molar-refractivity contribution in [2.45, 2.75) is 32.1 Å². The molecule has 4 nitrogen and oxygen atoms in total. The van der Waals surface area contributed by atoms with Crippen LogP contribution in [0.15, 0.2) is 22.7 Å². The maximum Gasteiger partial charge on any atom is 0.255 e. The SMILES string of the molecule is O=C(NCC1(CO)CCCCC1)c1cc(Br)ccc1O. The van der Waals surface area contributed by atoms with Crippen LogP contribution in [0, 0.1) is 5.41 Å². The molecule has 110 valence electrons. The Morgan fingerprint density at radius 2 is 2.00 bits per heavy atom. The fourth-order valence-corrected chi connectivity index (χ4v) is 3.11. The lowest BCUT2D eigenvalue weighted by Gasteiger charge is -2.35. The van der Waals surface area contributed by atoms with Crippen molar-refractivity contribution in [2.24, 2.45) is 5.41 Å². The largest absolute Gasteiger partial charge is 0.507 e. The number of carbonyl (C=O) groups excluding carboxylic acids is 1. The Morgan fingerprint density at radius 3 is 2.65 bits per heavy atom. The first-order valence-corrected chi connectivity index (χ1v) is 7.73. The summed E-state index contributed by atoms with van der Waals surface area (Å²) in [6.07, 6.45) is 5.27. The zero-order valence-electron chi connectivity index (χ0n) is 11.4. The van der Waals surface area contributed by atoms with Crippen molar-refractivity contribution in [1.29, 1.82) is 0 Å². The van der Waals surface area contributed by atoms with Crippen molar-refractivity contribution in [3.8, 4) is 5.75 Å². The molecule has 1 aromatic carbocycles. The molecule has 1 fully saturated rings. The highest BCUT2D eigenvalue weighted by molar-refractivity contribution is 9.10. The number of nitrogens with one attached hydrogen (secondary N) is 1. The summed E-state index contributed by atoms with van der Waals surface area (Å²) in [7, 11) is 0. The van der Waals surface area contributed by atoms with Crippen LogP contribution >= 0.6 is 15.9 Å². The van der Waals surface area contributed by atoms with Crippen LogP contribution in [-0.4, -0.2) is 29.3 Å². The van der Waals surface area contributed by atoms with E-state index >= 15 is 0 Å². The normalized spacial score (nSPS) is 17.7. The summed E-state index contributed by atoms with van der Waals surface area (Å²) in [6.45, 7) is 0.548. The molecule has 20 heavy (non-hydrogen) atoms. The monoisotopic (exact) mass is 341 g/mol. The quantitative estimate of drug-likeness (QED) is 0.788. The predicted molar refractivity (Wildman–Crippen MR) is 80.7 cm³/mol. The highest BCUT2D eigenvalue weighted by Crippen LogP contribution is 2.35. The topological polar surface area (TPSA) is 69.6 Å². The van der Waals surface area contributed by atoms with E-state index in [2.05, 4.69) is 21.2 Å². The van der Waals surface area contributed by atoms with Gasteiger partial charge in [0.05, 0.1) is 12.2 Å². The second kappa shape index (κ2) is 6.59. The van der Waals surface area contributed by atoms with E-state index in [1.54, 1.807) is 12.1 Å². The lowest BCUT2D eigenvalue weighted by Crippen LogP contribution is -2.41. The maximum atomic E-state index is 12.1. The van der Waals surface area contributed by atoms with E-state index in [0.717, 1.165) is 30.2 Å². The van der Waals surface area contributed by atoms with Crippen molar-refractivity contribution in [3.05, 3.63) is 28.2 Å². The third kappa shape index (κ3) is 3.52. The number of phenols is 1. The molecule has 3 N–H and O–H groups in total. The van der Waals surface area contributed by atoms with Gasteiger partial charge in [-0.15, -0.1) is 0 Å². The van der Waals surface area contributed by atoms with Crippen LogP contribution in [0.5, 0.6) is 5.75 Å². The third-order valence-corrected chi connectivity index (χ3v) is 4.57. The zero-order chi connectivity index (χ0) is 14.6. The predicted octanol–water partition coefficient (Wildman–Crippen LogP) is 2.83. The minimum atomic E-state index is -0.304.